The molecule has 1 fully saturated rings. The van der Waals surface area contributed by atoms with Crippen LogP contribution < -0.4 is 15.5 Å². The lowest BCUT2D eigenvalue weighted by atomic mass is 10.1. The predicted molar refractivity (Wildman–Crippen MR) is 128 cm³/mol. The summed E-state index contributed by atoms with van der Waals surface area (Å²) in [6.07, 6.45) is 5.99. The Balaban J connectivity index is 1.41. The Morgan fingerprint density at radius 1 is 1.06 bits per heavy atom. The summed E-state index contributed by atoms with van der Waals surface area (Å²) in [6.45, 7) is 5.15. The number of aromatic nitrogens is 4. The number of pyridine rings is 1. The minimum atomic E-state index is -0.323. The fourth-order valence-electron chi connectivity index (χ4n) is 3.87. The first kappa shape index (κ1) is 20.9. The maximum absolute atomic E-state index is 12.3. The normalized spacial score (nSPS) is 13.8. The van der Waals surface area contributed by atoms with Crippen molar-refractivity contribution < 1.29 is 9.53 Å². The van der Waals surface area contributed by atoms with Crippen LogP contribution in [0.2, 0.25) is 0 Å². The number of fused-ring (bicyclic) bond motifs is 1. The van der Waals surface area contributed by atoms with E-state index in [1.807, 2.05) is 35.0 Å². The molecule has 4 heterocycles. The molecule has 1 aromatic carbocycles. The van der Waals surface area contributed by atoms with Crippen LogP contribution >= 0.6 is 0 Å². The van der Waals surface area contributed by atoms with E-state index in [0.29, 0.717) is 24.6 Å². The summed E-state index contributed by atoms with van der Waals surface area (Å²) in [7, 11) is 0. The van der Waals surface area contributed by atoms with Gasteiger partial charge in [0, 0.05) is 30.5 Å². The first-order valence-electron chi connectivity index (χ1n) is 11.0. The minimum Gasteiger partial charge on any atom is -0.378 e. The fourth-order valence-corrected chi connectivity index (χ4v) is 3.87. The molecule has 0 radical (unpaired) electrons. The number of morpholine rings is 1. The van der Waals surface area contributed by atoms with Crippen LogP contribution in [-0.4, -0.2) is 51.9 Å². The molecule has 1 aliphatic heterocycles. The lowest BCUT2D eigenvalue weighted by molar-refractivity contribution is 0.123. The quantitative estimate of drug-likeness (QED) is 0.487. The van der Waals surface area contributed by atoms with E-state index in [9.17, 15) is 4.79 Å². The molecule has 33 heavy (non-hydrogen) atoms. The molecule has 0 bridgehead atoms. The maximum atomic E-state index is 12.3. The molecule has 2 amide bonds. The summed E-state index contributed by atoms with van der Waals surface area (Å²) in [5, 5.41) is 10.5. The lowest BCUT2D eigenvalue weighted by Crippen LogP contribution is -2.36. The number of hydrogen-bond acceptors (Lipinski definition) is 6. The van der Waals surface area contributed by atoms with Crippen LogP contribution in [0.1, 0.15) is 12.6 Å². The van der Waals surface area contributed by atoms with Crippen molar-refractivity contribution >= 4 is 28.7 Å². The smallest absolute Gasteiger partial charge is 0.323 e. The highest BCUT2D eigenvalue weighted by Gasteiger charge is 2.19. The van der Waals surface area contributed by atoms with Crippen molar-refractivity contribution in [2.75, 3.05) is 41.8 Å². The van der Waals surface area contributed by atoms with Crippen molar-refractivity contribution in [1.29, 1.82) is 0 Å². The molecule has 0 aliphatic carbocycles. The zero-order valence-corrected chi connectivity index (χ0v) is 18.4. The van der Waals surface area contributed by atoms with Crippen LogP contribution in [0.25, 0.3) is 16.9 Å². The summed E-state index contributed by atoms with van der Waals surface area (Å²) >= 11 is 0. The van der Waals surface area contributed by atoms with Gasteiger partial charge in [-0.1, -0.05) is 19.1 Å². The standard InChI is InChI=1S/C24H25N7O2/c1-2-20-16-26-23-22(30-10-12-33-13-11-30)14-21(29-31(20)23)17-5-7-18(8-6-17)27-24(32)28-19-4-3-9-25-15-19/h3-9,14-16H,2,10-13H2,1H3,(H2,27,28,32). The molecular formula is C24H25N7O2. The van der Waals surface area contributed by atoms with Crippen LogP contribution in [0.15, 0.2) is 61.1 Å². The number of urea groups is 1. The Bertz CT molecular complexity index is 1250. The third-order valence-electron chi connectivity index (χ3n) is 5.59. The van der Waals surface area contributed by atoms with E-state index in [1.54, 1.807) is 24.5 Å². The largest absolute Gasteiger partial charge is 0.378 e. The molecule has 1 saturated heterocycles. The van der Waals surface area contributed by atoms with Crippen LogP contribution in [0.3, 0.4) is 0 Å². The second-order valence-electron chi connectivity index (χ2n) is 7.75. The summed E-state index contributed by atoms with van der Waals surface area (Å²) in [5.41, 5.74) is 6.11. The molecule has 3 aromatic heterocycles. The van der Waals surface area contributed by atoms with Gasteiger partial charge in [-0.2, -0.15) is 5.10 Å². The van der Waals surface area contributed by atoms with Crippen LogP contribution in [-0.2, 0) is 11.2 Å². The highest BCUT2D eigenvalue weighted by molar-refractivity contribution is 5.99. The number of benzene rings is 1. The van der Waals surface area contributed by atoms with Gasteiger partial charge in [0.2, 0.25) is 0 Å². The molecule has 2 N–H and O–H groups in total. The van der Waals surface area contributed by atoms with Crippen LogP contribution in [0, 0.1) is 0 Å². The number of amides is 2. The highest BCUT2D eigenvalue weighted by Crippen LogP contribution is 2.29. The molecule has 0 spiro atoms. The Kier molecular flexibility index (Phi) is 5.86. The number of aryl methyl sites for hydroxylation is 1. The van der Waals surface area contributed by atoms with E-state index >= 15 is 0 Å². The second-order valence-corrected chi connectivity index (χ2v) is 7.75. The zero-order valence-electron chi connectivity index (χ0n) is 18.4. The molecular weight excluding hydrogens is 418 g/mol. The number of carbonyl (C=O) groups excluding carboxylic acids is 1. The van der Waals surface area contributed by atoms with Gasteiger partial charge >= 0.3 is 6.03 Å². The van der Waals surface area contributed by atoms with Gasteiger partial charge in [0.1, 0.15) is 0 Å². The number of nitrogens with one attached hydrogen (secondary N) is 2. The SMILES string of the molecule is CCc1cnc2c(N3CCOCC3)cc(-c3ccc(NC(=O)Nc4cccnc4)cc3)nn12. The average Bonchev–Trinajstić information content (AvgIpc) is 3.28. The van der Waals surface area contributed by atoms with Gasteiger partial charge in [-0.15, -0.1) is 0 Å². The number of anilines is 3. The summed E-state index contributed by atoms with van der Waals surface area (Å²) in [5.74, 6) is 0. The van der Waals surface area contributed by atoms with Crippen molar-refractivity contribution in [1.82, 2.24) is 19.6 Å². The number of nitrogens with zero attached hydrogens (tertiary/aromatic N) is 5. The predicted octanol–water partition coefficient (Wildman–Crippen LogP) is 3.83. The number of rotatable bonds is 5. The molecule has 1 aliphatic rings. The third kappa shape index (κ3) is 4.49. The molecule has 0 atom stereocenters. The van der Waals surface area contributed by atoms with Gasteiger partial charge in [-0.05, 0) is 36.8 Å². The van der Waals surface area contributed by atoms with Gasteiger partial charge in [0.05, 0.1) is 48.4 Å². The van der Waals surface area contributed by atoms with Crippen molar-refractivity contribution in [2.45, 2.75) is 13.3 Å². The van der Waals surface area contributed by atoms with E-state index < -0.39 is 0 Å². The fraction of sp³-hybridized carbons (Fsp3) is 0.250. The monoisotopic (exact) mass is 443 g/mol. The van der Waals surface area contributed by atoms with E-state index in [2.05, 4.69) is 38.5 Å². The molecule has 168 valence electrons. The van der Waals surface area contributed by atoms with Crippen molar-refractivity contribution in [3.63, 3.8) is 0 Å². The molecule has 4 aromatic rings. The van der Waals surface area contributed by atoms with Gasteiger partial charge in [-0.3, -0.25) is 4.98 Å². The molecule has 0 saturated carbocycles. The Hall–Kier alpha value is -3.98. The number of ether oxygens (including phenoxy) is 1. The van der Waals surface area contributed by atoms with E-state index in [0.717, 1.165) is 47.8 Å². The number of hydrogen-bond donors (Lipinski definition) is 2. The average molecular weight is 444 g/mol. The van der Waals surface area contributed by atoms with Crippen molar-refractivity contribution in [3.8, 4) is 11.3 Å². The summed E-state index contributed by atoms with van der Waals surface area (Å²) < 4.78 is 7.47. The summed E-state index contributed by atoms with van der Waals surface area (Å²) in [4.78, 5) is 23.2. The molecule has 0 unspecified atom stereocenters. The third-order valence-corrected chi connectivity index (χ3v) is 5.59. The van der Waals surface area contributed by atoms with Gasteiger partial charge in [0.15, 0.2) is 5.65 Å². The van der Waals surface area contributed by atoms with Crippen LogP contribution in [0.4, 0.5) is 21.9 Å². The Morgan fingerprint density at radius 3 is 2.58 bits per heavy atom. The molecule has 5 rings (SSSR count). The minimum absolute atomic E-state index is 0.323. The van der Waals surface area contributed by atoms with Gasteiger partial charge in [0.25, 0.3) is 0 Å². The molecule has 9 heteroatoms. The van der Waals surface area contributed by atoms with E-state index in [4.69, 9.17) is 9.84 Å². The van der Waals surface area contributed by atoms with E-state index in [1.165, 1.54) is 0 Å². The Labute approximate surface area is 191 Å². The summed E-state index contributed by atoms with van der Waals surface area (Å²) in [6, 6.07) is 13.0. The van der Waals surface area contributed by atoms with Crippen molar-refractivity contribution in [3.05, 3.63) is 66.7 Å². The number of carbonyl (C=O) groups is 1. The first-order valence-corrected chi connectivity index (χ1v) is 11.0. The second kappa shape index (κ2) is 9.25. The van der Waals surface area contributed by atoms with Gasteiger partial charge < -0.3 is 20.3 Å². The highest BCUT2D eigenvalue weighted by atomic mass is 16.5. The first-order chi connectivity index (χ1) is 16.2. The van der Waals surface area contributed by atoms with E-state index in [-0.39, 0.29) is 6.03 Å². The Morgan fingerprint density at radius 2 is 1.85 bits per heavy atom. The lowest BCUT2D eigenvalue weighted by Gasteiger charge is -2.29. The maximum Gasteiger partial charge on any atom is 0.323 e. The number of imidazole rings is 1. The van der Waals surface area contributed by atoms with Gasteiger partial charge in [-0.25, -0.2) is 14.3 Å². The zero-order chi connectivity index (χ0) is 22.6. The topological polar surface area (TPSA) is 96.7 Å². The van der Waals surface area contributed by atoms with Crippen molar-refractivity contribution in [2.24, 2.45) is 0 Å². The van der Waals surface area contributed by atoms with Crippen LogP contribution in [0.5, 0.6) is 0 Å². The molecule has 9 nitrogen and oxygen atoms in total.